The average Bonchev–Trinajstić information content (AvgIpc) is 2.43. The van der Waals surface area contributed by atoms with Crippen LogP contribution in [0.25, 0.3) is 0 Å². The number of nitrogens with one attached hydrogen (secondary N) is 2. The van der Waals surface area contributed by atoms with Crippen LogP contribution in [0.4, 0.5) is 10.1 Å². The number of hydrogen-bond donors (Lipinski definition) is 2. The second kappa shape index (κ2) is 7.21. The Balaban J connectivity index is 1.68. The highest BCUT2D eigenvalue weighted by Crippen LogP contribution is 2.13. The summed E-state index contributed by atoms with van der Waals surface area (Å²) in [5.74, 6) is -0.0764. The van der Waals surface area contributed by atoms with Crippen LogP contribution in [0.3, 0.4) is 0 Å². The van der Waals surface area contributed by atoms with E-state index in [4.69, 9.17) is 4.74 Å². The smallest absolute Gasteiger partial charge is 0.238 e. The van der Waals surface area contributed by atoms with Crippen molar-refractivity contribution in [1.82, 2.24) is 5.32 Å². The molecule has 2 N–H and O–H groups in total. The van der Waals surface area contributed by atoms with Crippen LogP contribution < -0.4 is 10.6 Å². The van der Waals surface area contributed by atoms with Crippen LogP contribution in [-0.4, -0.2) is 32.2 Å². The van der Waals surface area contributed by atoms with Crippen molar-refractivity contribution in [2.24, 2.45) is 5.92 Å². The summed E-state index contributed by atoms with van der Waals surface area (Å²) in [7, 11) is 0. The minimum atomic E-state index is -0.416. The molecule has 0 bridgehead atoms. The molecule has 1 amide bonds. The van der Waals surface area contributed by atoms with E-state index in [-0.39, 0.29) is 18.1 Å². The van der Waals surface area contributed by atoms with Gasteiger partial charge in [0.15, 0.2) is 0 Å². The van der Waals surface area contributed by atoms with Crippen LogP contribution in [0.1, 0.15) is 12.8 Å². The molecule has 0 aliphatic carbocycles. The highest BCUT2D eigenvalue weighted by molar-refractivity contribution is 5.92. The van der Waals surface area contributed by atoms with Crippen molar-refractivity contribution in [3.63, 3.8) is 0 Å². The van der Waals surface area contributed by atoms with Gasteiger partial charge in [0, 0.05) is 13.2 Å². The number of ether oxygens (including phenoxy) is 1. The zero-order chi connectivity index (χ0) is 13.5. The van der Waals surface area contributed by atoms with E-state index in [9.17, 15) is 9.18 Å². The van der Waals surface area contributed by atoms with Gasteiger partial charge in [-0.15, -0.1) is 0 Å². The monoisotopic (exact) mass is 266 g/mol. The molecule has 4 nitrogen and oxygen atoms in total. The fourth-order valence-corrected chi connectivity index (χ4v) is 2.10. The molecule has 2 rings (SSSR count). The van der Waals surface area contributed by atoms with Gasteiger partial charge < -0.3 is 15.4 Å². The molecule has 1 saturated heterocycles. The standard InChI is InChI=1S/C14H19FN2O2/c15-12-3-1-2-4-13(12)17-14(18)10-16-9-11-5-7-19-8-6-11/h1-4,11,16H,5-10H2,(H,17,18). The van der Waals surface area contributed by atoms with Gasteiger partial charge in [0.25, 0.3) is 0 Å². The summed E-state index contributed by atoms with van der Waals surface area (Å²) in [6.45, 7) is 2.60. The number of anilines is 1. The molecule has 1 aromatic rings. The molecule has 1 heterocycles. The normalized spacial score (nSPS) is 16.3. The topological polar surface area (TPSA) is 50.4 Å². The Hall–Kier alpha value is -1.46. The van der Waals surface area contributed by atoms with Crippen molar-refractivity contribution >= 4 is 11.6 Å². The zero-order valence-corrected chi connectivity index (χ0v) is 10.8. The number of halogens is 1. The summed E-state index contributed by atoms with van der Waals surface area (Å²) >= 11 is 0. The minimum Gasteiger partial charge on any atom is -0.381 e. The van der Waals surface area contributed by atoms with Gasteiger partial charge in [0.05, 0.1) is 12.2 Å². The maximum Gasteiger partial charge on any atom is 0.238 e. The van der Waals surface area contributed by atoms with Crippen LogP contribution >= 0.6 is 0 Å². The third kappa shape index (κ3) is 4.61. The Kier molecular flexibility index (Phi) is 5.30. The lowest BCUT2D eigenvalue weighted by atomic mass is 10.0. The average molecular weight is 266 g/mol. The number of rotatable bonds is 5. The van der Waals surface area contributed by atoms with Crippen LogP contribution in [-0.2, 0) is 9.53 Å². The van der Waals surface area contributed by atoms with E-state index in [1.165, 1.54) is 6.07 Å². The van der Waals surface area contributed by atoms with E-state index < -0.39 is 5.82 Å². The number of hydrogen-bond acceptors (Lipinski definition) is 3. The fraction of sp³-hybridized carbons (Fsp3) is 0.500. The number of carbonyl (C=O) groups is 1. The van der Waals surface area contributed by atoms with E-state index in [2.05, 4.69) is 10.6 Å². The number of para-hydroxylation sites is 1. The second-order valence-corrected chi connectivity index (χ2v) is 4.71. The third-order valence-electron chi connectivity index (χ3n) is 3.21. The number of amides is 1. The maximum absolute atomic E-state index is 13.3. The molecule has 1 aromatic carbocycles. The fourth-order valence-electron chi connectivity index (χ4n) is 2.10. The van der Waals surface area contributed by atoms with E-state index >= 15 is 0 Å². The predicted molar refractivity (Wildman–Crippen MR) is 71.4 cm³/mol. The molecular weight excluding hydrogens is 247 g/mol. The van der Waals surface area contributed by atoms with Crippen molar-refractivity contribution in [2.45, 2.75) is 12.8 Å². The first-order chi connectivity index (χ1) is 9.25. The van der Waals surface area contributed by atoms with Crippen LogP contribution in [0.2, 0.25) is 0 Å². The first-order valence-electron chi connectivity index (χ1n) is 6.58. The number of benzene rings is 1. The summed E-state index contributed by atoms with van der Waals surface area (Å²) in [4.78, 5) is 11.6. The van der Waals surface area contributed by atoms with E-state index in [1.54, 1.807) is 18.2 Å². The Morgan fingerprint density at radius 1 is 1.32 bits per heavy atom. The maximum atomic E-state index is 13.3. The Morgan fingerprint density at radius 2 is 2.05 bits per heavy atom. The molecule has 0 aromatic heterocycles. The van der Waals surface area contributed by atoms with Gasteiger partial charge in [-0.05, 0) is 37.4 Å². The largest absolute Gasteiger partial charge is 0.381 e. The molecule has 5 heteroatoms. The third-order valence-corrected chi connectivity index (χ3v) is 3.21. The van der Waals surface area contributed by atoms with Gasteiger partial charge in [-0.2, -0.15) is 0 Å². The minimum absolute atomic E-state index is 0.200. The molecule has 0 atom stereocenters. The van der Waals surface area contributed by atoms with Gasteiger partial charge >= 0.3 is 0 Å². The Labute approximate surface area is 112 Å². The molecule has 0 spiro atoms. The van der Waals surface area contributed by atoms with Gasteiger partial charge in [0.2, 0.25) is 5.91 Å². The molecule has 0 radical (unpaired) electrons. The van der Waals surface area contributed by atoms with Gasteiger partial charge in [-0.25, -0.2) is 4.39 Å². The SMILES string of the molecule is O=C(CNCC1CCOCC1)Nc1ccccc1F. The molecule has 1 aliphatic heterocycles. The van der Waals surface area contributed by atoms with Crippen LogP contribution in [0.15, 0.2) is 24.3 Å². The van der Waals surface area contributed by atoms with E-state index in [1.807, 2.05) is 0 Å². The lowest BCUT2D eigenvalue weighted by Gasteiger charge is -2.22. The molecular formula is C14H19FN2O2. The van der Waals surface area contributed by atoms with Crippen LogP contribution in [0, 0.1) is 11.7 Å². The Bertz CT molecular complexity index is 420. The summed E-state index contributed by atoms with van der Waals surface area (Å²) in [6.07, 6.45) is 2.06. The molecule has 104 valence electrons. The molecule has 0 saturated carbocycles. The van der Waals surface area contributed by atoms with Crippen molar-refractivity contribution in [1.29, 1.82) is 0 Å². The Morgan fingerprint density at radius 3 is 2.79 bits per heavy atom. The highest BCUT2D eigenvalue weighted by atomic mass is 19.1. The highest BCUT2D eigenvalue weighted by Gasteiger charge is 2.13. The lowest BCUT2D eigenvalue weighted by Crippen LogP contribution is -2.33. The van der Waals surface area contributed by atoms with Crippen LogP contribution in [0.5, 0.6) is 0 Å². The molecule has 1 fully saturated rings. The van der Waals surface area contributed by atoms with Crippen molar-refractivity contribution in [3.05, 3.63) is 30.1 Å². The summed E-state index contributed by atoms with van der Waals surface area (Å²) < 4.78 is 18.6. The van der Waals surface area contributed by atoms with Gasteiger partial charge in [0.1, 0.15) is 5.82 Å². The summed E-state index contributed by atoms with van der Waals surface area (Å²) in [6, 6.07) is 6.15. The predicted octanol–water partition coefficient (Wildman–Crippen LogP) is 1.78. The second-order valence-electron chi connectivity index (χ2n) is 4.71. The summed E-state index contributed by atoms with van der Waals surface area (Å²) in [5.41, 5.74) is 0.223. The zero-order valence-electron chi connectivity index (χ0n) is 10.8. The first-order valence-corrected chi connectivity index (χ1v) is 6.58. The lowest BCUT2D eigenvalue weighted by molar-refractivity contribution is -0.115. The van der Waals surface area contributed by atoms with Gasteiger partial charge in [-0.3, -0.25) is 4.79 Å². The van der Waals surface area contributed by atoms with E-state index in [0.717, 1.165) is 32.6 Å². The van der Waals surface area contributed by atoms with E-state index in [0.29, 0.717) is 5.92 Å². The van der Waals surface area contributed by atoms with Crippen molar-refractivity contribution < 1.29 is 13.9 Å². The summed E-state index contributed by atoms with van der Waals surface area (Å²) in [5, 5.41) is 5.65. The molecule has 0 unspecified atom stereocenters. The first kappa shape index (κ1) is 14.0. The quantitative estimate of drug-likeness (QED) is 0.854. The molecule has 19 heavy (non-hydrogen) atoms. The van der Waals surface area contributed by atoms with Gasteiger partial charge in [-0.1, -0.05) is 12.1 Å². The number of carbonyl (C=O) groups excluding carboxylic acids is 1. The van der Waals surface area contributed by atoms with Crippen molar-refractivity contribution in [2.75, 3.05) is 31.6 Å². The van der Waals surface area contributed by atoms with Crippen molar-refractivity contribution in [3.8, 4) is 0 Å². The molecule has 1 aliphatic rings.